The van der Waals surface area contributed by atoms with Crippen LogP contribution in [0.2, 0.25) is 5.02 Å². The number of amides is 1. The number of halogens is 1. The number of thiocarbonyl (C=S) groups is 1. The smallest absolute Gasteiger partial charge is 0.258 e. The van der Waals surface area contributed by atoms with E-state index in [9.17, 15) is 9.90 Å². The molecule has 0 aliphatic heterocycles. The first-order valence-electron chi connectivity index (χ1n) is 6.66. The molecule has 0 unspecified atom stereocenters. The molecule has 0 saturated heterocycles. The van der Waals surface area contributed by atoms with Gasteiger partial charge in [-0.05, 0) is 49.0 Å². The Bertz CT molecular complexity index is 765. The van der Waals surface area contributed by atoms with E-state index >= 15 is 0 Å². The van der Waals surface area contributed by atoms with Crippen molar-refractivity contribution in [1.82, 2.24) is 5.32 Å². The predicted molar refractivity (Wildman–Crippen MR) is 94.5 cm³/mol. The third-order valence-corrected chi connectivity index (χ3v) is 3.57. The second kappa shape index (κ2) is 7.30. The fraction of sp³-hybridized carbons (Fsp3) is 0.125. The highest BCUT2D eigenvalue weighted by Gasteiger charge is 2.13. The minimum Gasteiger partial charge on any atom is -0.506 e. The summed E-state index contributed by atoms with van der Waals surface area (Å²) in [6.07, 6.45) is 0. The maximum Gasteiger partial charge on any atom is 0.258 e. The number of ether oxygens (including phenoxy) is 1. The molecule has 1 amide bonds. The highest BCUT2D eigenvalue weighted by Crippen LogP contribution is 2.27. The van der Waals surface area contributed by atoms with Gasteiger partial charge in [0, 0.05) is 6.07 Å². The first-order chi connectivity index (χ1) is 10.9. The van der Waals surface area contributed by atoms with Crippen LogP contribution in [-0.4, -0.2) is 23.2 Å². The zero-order valence-electron chi connectivity index (χ0n) is 12.5. The number of aryl methyl sites for hydroxylation is 1. The Morgan fingerprint density at radius 1 is 1.26 bits per heavy atom. The van der Waals surface area contributed by atoms with Crippen LogP contribution in [-0.2, 0) is 0 Å². The van der Waals surface area contributed by atoms with Crippen molar-refractivity contribution in [3.8, 4) is 11.5 Å². The van der Waals surface area contributed by atoms with Gasteiger partial charge in [-0.1, -0.05) is 17.7 Å². The largest absolute Gasteiger partial charge is 0.506 e. The van der Waals surface area contributed by atoms with Gasteiger partial charge in [0.05, 0.1) is 23.4 Å². The molecular weight excluding hydrogens is 336 g/mol. The number of nitrogens with one attached hydrogen (secondary N) is 2. The van der Waals surface area contributed by atoms with Crippen molar-refractivity contribution in [2.75, 3.05) is 12.4 Å². The van der Waals surface area contributed by atoms with Gasteiger partial charge in [-0.3, -0.25) is 10.1 Å². The summed E-state index contributed by atoms with van der Waals surface area (Å²) < 4.78 is 5.07. The van der Waals surface area contributed by atoms with Crippen LogP contribution in [0, 0.1) is 6.92 Å². The van der Waals surface area contributed by atoms with E-state index < -0.39 is 5.91 Å². The number of rotatable bonds is 3. The number of methoxy groups -OCH3 is 1. The number of anilines is 1. The van der Waals surface area contributed by atoms with E-state index in [-0.39, 0.29) is 10.9 Å². The van der Waals surface area contributed by atoms with E-state index in [1.807, 2.05) is 6.92 Å². The second-order valence-electron chi connectivity index (χ2n) is 4.77. The normalized spacial score (nSPS) is 10.0. The Balaban J connectivity index is 2.09. The maximum atomic E-state index is 12.2. The molecule has 0 aliphatic carbocycles. The molecule has 3 N–H and O–H groups in total. The van der Waals surface area contributed by atoms with Gasteiger partial charge in [0.15, 0.2) is 5.11 Å². The van der Waals surface area contributed by atoms with Crippen molar-refractivity contribution < 1.29 is 14.6 Å². The average molecular weight is 351 g/mol. The quantitative estimate of drug-likeness (QED) is 0.584. The van der Waals surface area contributed by atoms with Gasteiger partial charge in [0.25, 0.3) is 5.91 Å². The lowest BCUT2D eigenvalue weighted by Gasteiger charge is -2.12. The molecule has 0 radical (unpaired) electrons. The van der Waals surface area contributed by atoms with Gasteiger partial charge in [-0.15, -0.1) is 0 Å². The Morgan fingerprint density at radius 2 is 2.00 bits per heavy atom. The summed E-state index contributed by atoms with van der Waals surface area (Å²) in [4.78, 5) is 12.2. The number of phenolic OH excluding ortho intramolecular Hbond substituents is 1. The van der Waals surface area contributed by atoms with Crippen LogP contribution >= 0.6 is 23.8 Å². The topological polar surface area (TPSA) is 70.6 Å². The summed E-state index contributed by atoms with van der Waals surface area (Å²) in [6, 6.07) is 9.73. The van der Waals surface area contributed by atoms with Gasteiger partial charge in [-0.25, -0.2) is 0 Å². The summed E-state index contributed by atoms with van der Waals surface area (Å²) in [5.74, 6) is 0.0895. The lowest BCUT2D eigenvalue weighted by atomic mass is 10.1. The van der Waals surface area contributed by atoms with Crippen LogP contribution in [0.25, 0.3) is 0 Å². The van der Waals surface area contributed by atoms with E-state index in [0.29, 0.717) is 22.0 Å². The minimum atomic E-state index is -0.435. The average Bonchev–Trinajstić information content (AvgIpc) is 2.49. The first kappa shape index (κ1) is 17.1. The van der Waals surface area contributed by atoms with Crippen molar-refractivity contribution in [3.05, 3.63) is 52.5 Å². The van der Waals surface area contributed by atoms with Gasteiger partial charge in [0.1, 0.15) is 11.5 Å². The highest BCUT2D eigenvalue weighted by atomic mass is 35.5. The van der Waals surface area contributed by atoms with Crippen molar-refractivity contribution >= 4 is 40.5 Å². The summed E-state index contributed by atoms with van der Waals surface area (Å²) in [5, 5.41) is 15.4. The zero-order chi connectivity index (χ0) is 17.0. The van der Waals surface area contributed by atoms with E-state index in [4.69, 9.17) is 28.6 Å². The third-order valence-electron chi connectivity index (χ3n) is 3.05. The monoisotopic (exact) mass is 350 g/mol. The Morgan fingerprint density at radius 3 is 2.65 bits per heavy atom. The first-order valence-corrected chi connectivity index (χ1v) is 7.45. The van der Waals surface area contributed by atoms with Crippen LogP contribution in [0.4, 0.5) is 5.69 Å². The SMILES string of the molecule is COc1ccc(O)c(NC(=S)NC(=O)c2ccc(C)cc2Cl)c1. The number of phenols is 1. The fourth-order valence-electron chi connectivity index (χ4n) is 1.87. The number of aromatic hydroxyl groups is 1. The molecule has 2 rings (SSSR count). The summed E-state index contributed by atoms with van der Waals surface area (Å²) in [6.45, 7) is 1.88. The van der Waals surface area contributed by atoms with Gasteiger partial charge < -0.3 is 15.2 Å². The lowest BCUT2D eigenvalue weighted by Crippen LogP contribution is -2.34. The summed E-state index contributed by atoms with van der Waals surface area (Å²) in [7, 11) is 1.51. The van der Waals surface area contributed by atoms with Crippen LogP contribution in [0.1, 0.15) is 15.9 Å². The van der Waals surface area contributed by atoms with E-state index in [1.165, 1.54) is 13.2 Å². The molecule has 2 aromatic carbocycles. The van der Waals surface area contributed by atoms with Gasteiger partial charge >= 0.3 is 0 Å². The molecule has 7 heteroatoms. The lowest BCUT2D eigenvalue weighted by molar-refractivity contribution is 0.0978. The van der Waals surface area contributed by atoms with Crippen LogP contribution in [0.3, 0.4) is 0 Å². The van der Waals surface area contributed by atoms with Crippen LogP contribution in [0.15, 0.2) is 36.4 Å². The zero-order valence-corrected chi connectivity index (χ0v) is 14.1. The summed E-state index contributed by atoms with van der Waals surface area (Å²) >= 11 is 11.1. The molecule has 23 heavy (non-hydrogen) atoms. The molecule has 120 valence electrons. The highest BCUT2D eigenvalue weighted by molar-refractivity contribution is 7.80. The minimum absolute atomic E-state index is 0.0178. The number of hydrogen-bond donors (Lipinski definition) is 3. The Labute approximate surface area is 144 Å². The van der Waals surface area contributed by atoms with Crippen molar-refractivity contribution in [2.45, 2.75) is 6.92 Å². The van der Waals surface area contributed by atoms with Crippen molar-refractivity contribution in [3.63, 3.8) is 0 Å². The molecule has 0 aromatic heterocycles. The van der Waals surface area contributed by atoms with Gasteiger partial charge in [0.2, 0.25) is 0 Å². The molecule has 0 bridgehead atoms. The number of carbonyl (C=O) groups is 1. The van der Waals surface area contributed by atoms with E-state index in [1.54, 1.807) is 30.3 Å². The molecule has 0 heterocycles. The maximum absolute atomic E-state index is 12.2. The fourth-order valence-corrected chi connectivity index (χ4v) is 2.39. The predicted octanol–water partition coefficient (Wildman–Crippen LogP) is 3.49. The molecular formula is C16H15ClN2O3S. The standard InChI is InChI=1S/C16H15ClN2O3S/c1-9-3-5-11(12(17)7-9)15(21)19-16(23)18-13-8-10(22-2)4-6-14(13)20/h3-8,20H,1-2H3,(H2,18,19,21,23). The Hall–Kier alpha value is -2.31. The summed E-state index contributed by atoms with van der Waals surface area (Å²) in [5.41, 5.74) is 1.59. The molecule has 5 nitrogen and oxygen atoms in total. The third kappa shape index (κ3) is 4.34. The molecule has 2 aromatic rings. The Kier molecular flexibility index (Phi) is 5.41. The van der Waals surface area contributed by atoms with Crippen LogP contribution < -0.4 is 15.4 Å². The number of hydrogen-bond acceptors (Lipinski definition) is 4. The molecule has 0 atom stereocenters. The number of carbonyl (C=O) groups excluding carboxylic acids is 1. The van der Waals surface area contributed by atoms with Crippen molar-refractivity contribution in [2.24, 2.45) is 0 Å². The molecule has 0 saturated carbocycles. The molecule has 0 spiro atoms. The van der Waals surface area contributed by atoms with E-state index in [2.05, 4.69) is 10.6 Å². The van der Waals surface area contributed by atoms with Gasteiger partial charge in [-0.2, -0.15) is 0 Å². The van der Waals surface area contributed by atoms with Crippen LogP contribution in [0.5, 0.6) is 11.5 Å². The van der Waals surface area contributed by atoms with Crippen molar-refractivity contribution in [1.29, 1.82) is 0 Å². The number of benzene rings is 2. The second-order valence-corrected chi connectivity index (χ2v) is 5.59. The van der Waals surface area contributed by atoms with E-state index in [0.717, 1.165) is 5.56 Å². The molecule has 0 aliphatic rings. The molecule has 0 fully saturated rings.